The topological polar surface area (TPSA) is 23.5 Å². The highest BCUT2D eigenvalue weighted by Gasteiger charge is 2.44. The van der Waals surface area contributed by atoms with Crippen molar-refractivity contribution in [2.75, 3.05) is 7.05 Å². The second kappa shape index (κ2) is 4.57. The van der Waals surface area contributed by atoms with Crippen LogP contribution in [0.3, 0.4) is 0 Å². The zero-order valence-corrected chi connectivity index (χ0v) is 11.7. The molecule has 0 amide bonds. The Hall–Kier alpha value is -0.930. The lowest BCUT2D eigenvalue weighted by Crippen LogP contribution is -2.55. The minimum Gasteiger partial charge on any atom is -0.385 e. The van der Waals surface area contributed by atoms with Crippen molar-refractivity contribution in [2.45, 2.75) is 56.7 Å². The Morgan fingerprint density at radius 3 is 2.47 bits per heavy atom. The molecular weight excluding hydrogens is 241 g/mol. The van der Waals surface area contributed by atoms with Gasteiger partial charge in [-0.05, 0) is 56.8 Å². The fourth-order valence-corrected chi connectivity index (χ4v) is 3.77. The monoisotopic (exact) mass is 263 g/mol. The van der Waals surface area contributed by atoms with E-state index in [1.807, 2.05) is 6.07 Å². The number of piperidine rings is 2. The Bertz CT molecular complexity index is 474. The van der Waals surface area contributed by atoms with Crippen LogP contribution in [0, 0.1) is 12.7 Å². The van der Waals surface area contributed by atoms with Gasteiger partial charge in [-0.3, -0.25) is 0 Å². The Kier molecular flexibility index (Phi) is 3.14. The molecular formula is C16H22FNO. The standard InChI is InChI=1S/C16H22FNO/c1-11-6-7-12(8-15(11)17)16(19)9-13-4-3-5-14(10-16)18(13)2/h6-8,13-14,19H,3-5,9-10H2,1-2H3. The summed E-state index contributed by atoms with van der Waals surface area (Å²) in [6.07, 6.45) is 4.98. The minimum absolute atomic E-state index is 0.213. The summed E-state index contributed by atoms with van der Waals surface area (Å²) in [5, 5.41) is 11.0. The molecule has 3 rings (SSSR count). The van der Waals surface area contributed by atoms with Crippen LogP contribution in [-0.2, 0) is 5.60 Å². The zero-order chi connectivity index (χ0) is 13.6. The van der Waals surface area contributed by atoms with E-state index in [1.165, 1.54) is 12.5 Å². The molecule has 2 fully saturated rings. The summed E-state index contributed by atoms with van der Waals surface area (Å²) >= 11 is 0. The van der Waals surface area contributed by atoms with Gasteiger partial charge < -0.3 is 10.0 Å². The second-order valence-electron chi connectivity index (χ2n) is 6.31. The quantitative estimate of drug-likeness (QED) is 0.842. The largest absolute Gasteiger partial charge is 0.385 e. The number of nitrogens with zero attached hydrogens (tertiary/aromatic N) is 1. The van der Waals surface area contributed by atoms with E-state index >= 15 is 0 Å². The van der Waals surface area contributed by atoms with Crippen molar-refractivity contribution in [2.24, 2.45) is 0 Å². The van der Waals surface area contributed by atoms with Gasteiger partial charge in [-0.25, -0.2) is 4.39 Å². The number of rotatable bonds is 1. The molecule has 2 unspecified atom stereocenters. The molecule has 2 bridgehead atoms. The van der Waals surface area contributed by atoms with Gasteiger partial charge >= 0.3 is 0 Å². The molecule has 0 saturated carbocycles. The maximum Gasteiger partial charge on any atom is 0.126 e. The molecule has 2 heterocycles. The van der Waals surface area contributed by atoms with Crippen molar-refractivity contribution in [1.82, 2.24) is 4.90 Å². The molecule has 1 N–H and O–H groups in total. The fraction of sp³-hybridized carbons (Fsp3) is 0.625. The first-order valence-corrected chi connectivity index (χ1v) is 7.20. The van der Waals surface area contributed by atoms with Crippen LogP contribution in [0.2, 0.25) is 0 Å². The van der Waals surface area contributed by atoms with Gasteiger partial charge in [-0.1, -0.05) is 18.6 Å². The van der Waals surface area contributed by atoms with Crippen LogP contribution < -0.4 is 0 Å². The first-order chi connectivity index (χ1) is 8.99. The number of hydrogen-bond acceptors (Lipinski definition) is 2. The number of aliphatic hydroxyl groups is 1. The van der Waals surface area contributed by atoms with Crippen LogP contribution in [0.15, 0.2) is 18.2 Å². The van der Waals surface area contributed by atoms with Gasteiger partial charge in [0, 0.05) is 12.1 Å². The highest BCUT2D eigenvalue weighted by Crippen LogP contribution is 2.43. The lowest BCUT2D eigenvalue weighted by molar-refractivity contribution is -0.0876. The summed E-state index contributed by atoms with van der Waals surface area (Å²) in [6.45, 7) is 1.76. The Morgan fingerprint density at radius 2 is 1.89 bits per heavy atom. The van der Waals surface area contributed by atoms with Crippen molar-refractivity contribution in [1.29, 1.82) is 0 Å². The van der Waals surface area contributed by atoms with Crippen molar-refractivity contribution < 1.29 is 9.50 Å². The number of aryl methyl sites for hydroxylation is 1. The van der Waals surface area contributed by atoms with E-state index in [4.69, 9.17) is 0 Å². The first-order valence-electron chi connectivity index (χ1n) is 7.20. The molecule has 19 heavy (non-hydrogen) atoms. The summed E-state index contributed by atoms with van der Waals surface area (Å²) in [4.78, 5) is 2.41. The van der Waals surface area contributed by atoms with E-state index in [9.17, 15) is 9.50 Å². The van der Waals surface area contributed by atoms with Crippen molar-refractivity contribution >= 4 is 0 Å². The summed E-state index contributed by atoms with van der Waals surface area (Å²) in [5.41, 5.74) is 0.539. The summed E-state index contributed by atoms with van der Waals surface area (Å²) in [7, 11) is 2.16. The van der Waals surface area contributed by atoms with E-state index < -0.39 is 5.60 Å². The van der Waals surface area contributed by atoms with Crippen LogP contribution in [0.4, 0.5) is 4.39 Å². The molecule has 0 radical (unpaired) electrons. The molecule has 3 heteroatoms. The molecule has 2 aliphatic rings. The van der Waals surface area contributed by atoms with E-state index in [-0.39, 0.29) is 5.82 Å². The van der Waals surface area contributed by atoms with E-state index in [1.54, 1.807) is 13.0 Å². The van der Waals surface area contributed by atoms with Gasteiger partial charge in [0.2, 0.25) is 0 Å². The number of halogens is 1. The van der Waals surface area contributed by atoms with Gasteiger partial charge in [-0.2, -0.15) is 0 Å². The zero-order valence-electron chi connectivity index (χ0n) is 11.7. The normalized spacial score (nSPS) is 35.4. The summed E-state index contributed by atoms with van der Waals surface area (Å²) in [5.74, 6) is -0.213. The van der Waals surface area contributed by atoms with Gasteiger partial charge in [0.15, 0.2) is 0 Å². The van der Waals surface area contributed by atoms with Gasteiger partial charge in [0.05, 0.1) is 5.60 Å². The van der Waals surface area contributed by atoms with Crippen molar-refractivity contribution in [3.63, 3.8) is 0 Å². The minimum atomic E-state index is -0.850. The SMILES string of the molecule is Cc1ccc(C2(O)CC3CCCC(C2)N3C)cc1F. The predicted octanol–water partition coefficient (Wildman–Crippen LogP) is 2.97. The Morgan fingerprint density at radius 1 is 1.26 bits per heavy atom. The van der Waals surface area contributed by atoms with E-state index in [2.05, 4.69) is 11.9 Å². The van der Waals surface area contributed by atoms with Gasteiger partial charge in [0.1, 0.15) is 5.82 Å². The van der Waals surface area contributed by atoms with Crippen LogP contribution in [-0.4, -0.2) is 29.1 Å². The molecule has 104 valence electrons. The van der Waals surface area contributed by atoms with E-state index in [0.29, 0.717) is 17.6 Å². The number of hydrogen-bond donors (Lipinski definition) is 1. The van der Waals surface area contributed by atoms with Gasteiger partial charge in [-0.15, -0.1) is 0 Å². The fourth-order valence-electron chi connectivity index (χ4n) is 3.77. The number of benzene rings is 1. The van der Waals surface area contributed by atoms with Gasteiger partial charge in [0.25, 0.3) is 0 Å². The molecule has 0 spiro atoms. The molecule has 2 saturated heterocycles. The third kappa shape index (κ3) is 2.19. The molecule has 0 aliphatic carbocycles. The third-order valence-electron chi connectivity index (χ3n) is 5.08. The van der Waals surface area contributed by atoms with Crippen LogP contribution >= 0.6 is 0 Å². The molecule has 1 aromatic carbocycles. The van der Waals surface area contributed by atoms with Crippen LogP contribution in [0.5, 0.6) is 0 Å². The van der Waals surface area contributed by atoms with E-state index in [0.717, 1.165) is 31.2 Å². The molecule has 2 aliphatic heterocycles. The Labute approximate surface area is 114 Å². The van der Waals surface area contributed by atoms with Crippen LogP contribution in [0.1, 0.15) is 43.2 Å². The molecule has 2 nitrogen and oxygen atoms in total. The lowest BCUT2D eigenvalue weighted by atomic mass is 9.73. The molecule has 1 aromatic rings. The first kappa shape index (κ1) is 13.1. The highest BCUT2D eigenvalue weighted by atomic mass is 19.1. The highest BCUT2D eigenvalue weighted by molar-refractivity contribution is 5.29. The summed E-state index contributed by atoms with van der Waals surface area (Å²) < 4.78 is 13.7. The molecule has 2 atom stereocenters. The van der Waals surface area contributed by atoms with Crippen LogP contribution in [0.25, 0.3) is 0 Å². The predicted molar refractivity (Wildman–Crippen MR) is 73.5 cm³/mol. The maximum atomic E-state index is 13.7. The van der Waals surface area contributed by atoms with Crippen molar-refractivity contribution in [3.05, 3.63) is 35.1 Å². The van der Waals surface area contributed by atoms with Crippen molar-refractivity contribution in [3.8, 4) is 0 Å². The summed E-state index contributed by atoms with van der Waals surface area (Å²) in [6, 6.07) is 6.05. The average molecular weight is 263 g/mol. The lowest BCUT2D eigenvalue weighted by Gasteiger charge is -2.50. The Balaban J connectivity index is 1.92. The second-order valence-corrected chi connectivity index (χ2v) is 6.31. The maximum absolute atomic E-state index is 13.7. The smallest absolute Gasteiger partial charge is 0.126 e. The number of fused-ring (bicyclic) bond motifs is 2. The third-order valence-corrected chi connectivity index (χ3v) is 5.08. The average Bonchev–Trinajstić information content (AvgIpc) is 2.35. The molecule has 0 aromatic heterocycles.